The molecule has 3 N–H and O–H groups in total. The van der Waals surface area contributed by atoms with Crippen molar-refractivity contribution in [1.29, 1.82) is 0 Å². The zero-order valence-electron chi connectivity index (χ0n) is 30.7. The highest BCUT2D eigenvalue weighted by Crippen LogP contribution is 2.66. The lowest BCUT2D eigenvalue weighted by Crippen LogP contribution is -2.25. The van der Waals surface area contributed by atoms with Crippen molar-refractivity contribution in [3.05, 3.63) is 232 Å². The molecule has 0 saturated heterocycles. The van der Waals surface area contributed by atoms with Crippen LogP contribution >= 0.6 is 11.3 Å². The quantitative estimate of drug-likeness (QED) is 0.160. The van der Waals surface area contributed by atoms with Crippen LogP contribution in [0.4, 0.5) is 0 Å². The molecule has 0 amide bonds. The summed E-state index contributed by atoms with van der Waals surface area (Å²) < 4.78 is 1.34. The average molecular weight is 735 g/mol. The van der Waals surface area contributed by atoms with E-state index in [0.29, 0.717) is 6.67 Å². The van der Waals surface area contributed by atoms with Crippen molar-refractivity contribution in [1.82, 2.24) is 5.32 Å². The number of rotatable bonds is 7. The molecule has 8 aromatic carbocycles. The highest BCUT2D eigenvalue weighted by molar-refractivity contribution is 7.20. The first-order valence-electron chi connectivity index (χ1n) is 19.4. The zero-order chi connectivity index (χ0) is 37.2. The Bertz CT molecular complexity index is 3000. The lowest BCUT2D eigenvalue weighted by Gasteiger charge is -2.29. The lowest BCUT2D eigenvalue weighted by atomic mass is 9.73. The molecule has 9 aromatic rings. The lowest BCUT2D eigenvalue weighted by molar-refractivity contribution is 0.812. The predicted octanol–water partition coefficient (Wildman–Crippen LogP) is 12.7. The molecule has 266 valence electrons. The van der Waals surface area contributed by atoms with Gasteiger partial charge in [0.25, 0.3) is 0 Å². The standard InChI is InChI=1S/C53H38N2S/c54-33-55-49(42-25-14-18-34-17-4-5-19-37(34)42)32-45(35-15-2-1-3-16-35)39-21-7-6-20-38(39)36-29-30-41-40-22-8-11-26-46(40)53(48(41)31-36)47-27-12-9-23-43(47)51-44-24-10-13-28-50(44)56-52(51)53/h1-32,45,55H,33,54H2/b49-32-. The minimum absolute atomic E-state index is 0.0544. The van der Waals surface area contributed by atoms with Gasteiger partial charge in [0, 0.05) is 37.7 Å². The maximum Gasteiger partial charge on any atom is 0.0819 e. The van der Waals surface area contributed by atoms with Gasteiger partial charge < -0.3 is 11.1 Å². The van der Waals surface area contributed by atoms with Crippen molar-refractivity contribution < 1.29 is 0 Å². The van der Waals surface area contributed by atoms with Crippen molar-refractivity contribution in [3.8, 4) is 33.4 Å². The number of nitrogens with two attached hydrogens (primary N) is 1. The molecule has 0 fully saturated rings. The third-order valence-electron chi connectivity index (χ3n) is 12.1. The van der Waals surface area contributed by atoms with Gasteiger partial charge in [0.15, 0.2) is 0 Å². The number of nitrogens with one attached hydrogen (secondary N) is 1. The Hall–Kier alpha value is -6.52. The highest BCUT2D eigenvalue weighted by atomic mass is 32.1. The summed E-state index contributed by atoms with van der Waals surface area (Å²) in [5, 5.41) is 7.31. The Morgan fingerprint density at radius 3 is 2.05 bits per heavy atom. The van der Waals surface area contributed by atoms with Crippen LogP contribution in [0.15, 0.2) is 194 Å². The summed E-state index contributed by atoms with van der Waals surface area (Å²) in [6.07, 6.45) is 2.38. The SMILES string of the molecule is NCN/C(=C\C(c1ccccc1)c1ccccc1-c1ccc2c(c1)C1(c3ccccc3-2)c2ccccc2-c2c1sc1ccccc21)c1cccc2ccccc12. The molecule has 2 aliphatic carbocycles. The third-order valence-corrected chi connectivity index (χ3v) is 13.3. The van der Waals surface area contributed by atoms with Gasteiger partial charge in [0.1, 0.15) is 0 Å². The molecule has 0 aliphatic heterocycles. The van der Waals surface area contributed by atoms with Crippen LogP contribution in [-0.2, 0) is 5.41 Å². The number of fused-ring (bicyclic) bond motifs is 13. The topological polar surface area (TPSA) is 38.0 Å². The molecule has 2 atom stereocenters. The van der Waals surface area contributed by atoms with E-state index in [2.05, 4.69) is 199 Å². The smallest absolute Gasteiger partial charge is 0.0819 e. The monoisotopic (exact) mass is 734 g/mol. The Morgan fingerprint density at radius 2 is 1.21 bits per heavy atom. The molecule has 1 heterocycles. The predicted molar refractivity (Wildman–Crippen MR) is 236 cm³/mol. The minimum Gasteiger partial charge on any atom is -0.372 e. The zero-order valence-corrected chi connectivity index (χ0v) is 31.6. The van der Waals surface area contributed by atoms with Crippen LogP contribution in [0.1, 0.15) is 44.2 Å². The number of benzene rings is 8. The Labute approximate surface area is 331 Å². The normalized spacial score (nSPS) is 15.8. The summed E-state index contributed by atoms with van der Waals surface area (Å²) in [5.74, 6) is -0.0544. The maximum absolute atomic E-state index is 6.27. The van der Waals surface area contributed by atoms with Crippen LogP contribution < -0.4 is 11.1 Å². The molecular formula is C53H38N2S. The second-order valence-corrected chi connectivity index (χ2v) is 15.9. The van der Waals surface area contributed by atoms with Gasteiger partial charge in [-0.05, 0) is 84.6 Å². The molecule has 1 aromatic heterocycles. The summed E-state index contributed by atoms with van der Waals surface area (Å²) in [7, 11) is 0. The molecule has 0 radical (unpaired) electrons. The van der Waals surface area contributed by atoms with E-state index in [-0.39, 0.29) is 5.92 Å². The van der Waals surface area contributed by atoms with Crippen LogP contribution in [0.2, 0.25) is 0 Å². The fourth-order valence-electron chi connectivity index (χ4n) is 9.75. The fourth-order valence-corrected chi connectivity index (χ4v) is 11.2. The van der Waals surface area contributed by atoms with Gasteiger partial charge >= 0.3 is 0 Å². The molecule has 2 unspecified atom stereocenters. The number of allylic oxidation sites excluding steroid dienone is 1. The van der Waals surface area contributed by atoms with Crippen molar-refractivity contribution >= 4 is 37.9 Å². The Balaban J connectivity index is 1.15. The molecule has 56 heavy (non-hydrogen) atoms. The highest BCUT2D eigenvalue weighted by Gasteiger charge is 2.53. The fraction of sp³-hybridized carbons (Fsp3) is 0.0566. The summed E-state index contributed by atoms with van der Waals surface area (Å²) in [5.41, 5.74) is 22.4. The number of hydrogen-bond acceptors (Lipinski definition) is 3. The van der Waals surface area contributed by atoms with Crippen molar-refractivity contribution in [2.75, 3.05) is 6.67 Å². The maximum atomic E-state index is 6.27. The average Bonchev–Trinajstić information content (AvgIpc) is 3.89. The van der Waals surface area contributed by atoms with E-state index in [4.69, 9.17) is 5.73 Å². The van der Waals surface area contributed by atoms with Crippen LogP contribution in [0, 0.1) is 0 Å². The molecule has 2 aliphatic rings. The Kier molecular flexibility index (Phi) is 7.67. The molecule has 3 heteroatoms. The van der Waals surface area contributed by atoms with Crippen LogP contribution in [0.25, 0.3) is 59.9 Å². The minimum atomic E-state index is -0.405. The van der Waals surface area contributed by atoms with E-state index in [0.717, 1.165) is 11.3 Å². The first-order chi connectivity index (χ1) is 27.8. The van der Waals surface area contributed by atoms with Crippen molar-refractivity contribution in [2.24, 2.45) is 5.73 Å². The van der Waals surface area contributed by atoms with Crippen molar-refractivity contribution in [3.63, 3.8) is 0 Å². The van der Waals surface area contributed by atoms with E-state index in [1.165, 1.54) is 86.9 Å². The van der Waals surface area contributed by atoms with Crippen molar-refractivity contribution in [2.45, 2.75) is 11.3 Å². The van der Waals surface area contributed by atoms with Crippen LogP contribution in [0.5, 0.6) is 0 Å². The molecule has 0 bridgehead atoms. The van der Waals surface area contributed by atoms with Gasteiger partial charge in [-0.2, -0.15) is 0 Å². The van der Waals surface area contributed by atoms with Gasteiger partial charge in [-0.3, -0.25) is 0 Å². The van der Waals surface area contributed by atoms with Gasteiger partial charge in [-0.15, -0.1) is 11.3 Å². The molecular weight excluding hydrogens is 697 g/mol. The van der Waals surface area contributed by atoms with E-state index in [1.54, 1.807) is 0 Å². The summed E-state index contributed by atoms with van der Waals surface area (Å²) in [6.45, 7) is 0.326. The van der Waals surface area contributed by atoms with Gasteiger partial charge in [0.05, 0.1) is 12.1 Å². The van der Waals surface area contributed by atoms with Gasteiger partial charge in [-0.25, -0.2) is 0 Å². The molecule has 2 nitrogen and oxygen atoms in total. The first-order valence-corrected chi connectivity index (χ1v) is 20.2. The molecule has 11 rings (SSSR count). The van der Waals surface area contributed by atoms with Crippen LogP contribution in [-0.4, -0.2) is 6.67 Å². The second-order valence-electron chi connectivity index (χ2n) is 14.9. The Morgan fingerprint density at radius 1 is 0.571 bits per heavy atom. The van der Waals surface area contributed by atoms with E-state index in [1.807, 2.05) is 11.3 Å². The summed E-state index contributed by atoms with van der Waals surface area (Å²) in [4.78, 5) is 1.43. The number of hydrogen-bond donors (Lipinski definition) is 2. The van der Waals surface area contributed by atoms with E-state index < -0.39 is 5.41 Å². The van der Waals surface area contributed by atoms with E-state index >= 15 is 0 Å². The number of thiophene rings is 1. The molecule has 0 saturated carbocycles. The molecule has 1 spiro atoms. The largest absolute Gasteiger partial charge is 0.372 e. The second kappa shape index (κ2) is 13.1. The first kappa shape index (κ1) is 32.9. The van der Waals surface area contributed by atoms with Crippen LogP contribution in [0.3, 0.4) is 0 Å². The summed E-state index contributed by atoms with van der Waals surface area (Å²) >= 11 is 1.96. The third kappa shape index (κ3) is 4.78. The van der Waals surface area contributed by atoms with Gasteiger partial charge in [-0.1, -0.05) is 176 Å². The van der Waals surface area contributed by atoms with Gasteiger partial charge in [0.2, 0.25) is 0 Å². The summed E-state index contributed by atoms with van der Waals surface area (Å²) in [6, 6.07) is 69.3. The van der Waals surface area contributed by atoms with E-state index in [9.17, 15) is 0 Å².